The zero-order valence-corrected chi connectivity index (χ0v) is 15.0. The van der Waals surface area contributed by atoms with Crippen LogP contribution in [0.2, 0.25) is 0 Å². The molecule has 0 saturated heterocycles. The van der Waals surface area contributed by atoms with Crippen molar-refractivity contribution >= 4 is 6.03 Å². The monoisotopic (exact) mass is 322 g/mol. The number of hydrogen-bond donors (Lipinski definition) is 2. The molecule has 1 heterocycles. The number of nitrogens with zero attached hydrogens (tertiary/aromatic N) is 2. The first-order valence-electron chi connectivity index (χ1n) is 8.39. The van der Waals surface area contributed by atoms with E-state index in [9.17, 15) is 4.79 Å². The molecule has 1 atom stereocenters. The van der Waals surface area contributed by atoms with Gasteiger partial charge >= 0.3 is 6.03 Å². The van der Waals surface area contributed by atoms with Gasteiger partial charge in [-0.2, -0.15) is 5.10 Å². The van der Waals surface area contributed by atoms with Crippen molar-refractivity contribution in [2.45, 2.75) is 52.5 Å². The predicted octanol–water partition coefficient (Wildman–Crippen LogP) is 2.08. The van der Waals surface area contributed by atoms with Crippen molar-refractivity contribution in [2.75, 3.05) is 20.3 Å². The zero-order valence-electron chi connectivity index (χ0n) is 15.0. The van der Waals surface area contributed by atoms with E-state index in [-0.39, 0.29) is 17.5 Å². The number of amides is 2. The van der Waals surface area contributed by atoms with Crippen LogP contribution in [0, 0.1) is 19.3 Å². The summed E-state index contributed by atoms with van der Waals surface area (Å²) in [4.78, 5) is 12.1. The Hall–Kier alpha value is -1.56. The van der Waals surface area contributed by atoms with Gasteiger partial charge in [0.25, 0.3) is 0 Å². The Labute approximate surface area is 139 Å². The molecule has 1 fully saturated rings. The number of aromatic nitrogens is 2. The molecule has 6 heteroatoms. The number of carbonyl (C=O) groups is 1. The minimum atomic E-state index is -0.0981. The molecule has 2 amide bonds. The average Bonchev–Trinajstić information content (AvgIpc) is 2.68. The first-order chi connectivity index (χ1) is 10.9. The highest BCUT2D eigenvalue weighted by molar-refractivity contribution is 5.74. The molecule has 2 rings (SSSR count). The molecule has 0 bridgehead atoms. The Morgan fingerprint density at radius 2 is 2.13 bits per heavy atom. The fraction of sp³-hybridized carbons (Fsp3) is 0.765. The van der Waals surface area contributed by atoms with Gasteiger partial charge in [0.15, 0.2) is 0 Å². The molecular formula is C17H30N4O2. The average molecular weight is 322 g/mol. The smallest absolute Gasteiger partial charge is 0.315 e. The second-order valence-electron chi connectivity index (χ2n) is 6.99. The Morgan fingerprint density at radius 1 is 1.43 bits per heavy atom. The van der Waals surface area contributed by atoms with Crippen molar-refractivity contribution in [3.8, 4) is 0 Å². The maximum Gasteiger partial charge on any atom is 0.315 e. The van der Waals surface area contributed by atoms with Crippen molar-refractivity contribution in [3.05, 3.63) is 17.0 Å². The van der Waals surface area contributed by atoms with Gasteiger partial charge in [0.2, 0.25) is 0 Å². The van der Waals surface area contributed by atoms with E-state index in [4.69, 9.17) is 4.74 Å². The lowest BCUT2D eigenvalue weighted by Crippen LogP contribution is -2.49. The van der Waals surface area contributed by atoms with Crippen molar-refractivity contribution in [1.82, 2.24) is 20.4 Å². The third-order valence-corrected chi connectivity index (χ3v) is 5.04. The van der Waals surface area contributed by atoms with Crippen LogP contribution in [-0.2, 0) is 18.2 Å². The second-order valence-corrected chi connectivity index (χ2v) is 6.99. The summed E-state index contributed by atoms with van der Waals surface area (Å²) in [6, 6.07) is -0.0320. The van der Waals surface area contributed by atoms with E-state index in [2.05, 4.69) is 22.7 Å². The number of methoxy groups -OCH3 is 1. The van der Waals surface area contributed by atoms with Crippen LogP contribution in [0.4, 0.5) is 4.79 Å². The number of aryl methyl sites for hydroxylation is 2. The number of nitrogens with one attached hydrogen (secondary N) is 2. The van der Waals surface area contributed by atoms with Crippen molar-refractivity contribution in [1.29, 1.82) is 0 Å². The Bertz CT molecular complexity index is 549. The predicted molar refractivity (Wildman–Crippen MR) is 90.5 cm³/mol. The highest BCUT2D eigenvalue weighted by atomic mass is 16.5. The fourth-order valence-electron chi connectivity index (χ4n) is 3.37. The van der Waals surface area contributed by atoms with E-state index >= 15 is 0 Å². The van der Waals surface area contributed by atoms with E-state index in [0.29, 0.717) is 6.54 Å². The number of hydrogen-bond acceptors (Lipinski definition) is 3. The summed E-state index contributed by atoms with van der Waals surface area (Å²) in [7, 11) is 3.67. The van der Waals surface area contributed by atoms with Gasteiger partial charge < -0.3 is 15.4 Å². The summed E-state index contributed by atoms with van der Waals surface area (Å²) < 4.78 is 7.18. The summed E-state index contributed by atoms with van der Waals surface area (Å²) in [5, 5.41) is 10.5. The van der Waals surface area contributed by atoms with Gasteiger partial charge in [0.1, 0.15) is 0 Å². The van der Waals surface area contributed by atoms with Crippen LogP contribution in [0.5, 0.6) is 0 Å². The Kier molecular flexibility index (Phi) is 5.68. The summed E-state index contributed by atoms with van der Waals surface area (Å²) in [5.74, 6) is 0. The first-order valence-corrected chi connectivity index (χ1v) is 8.39. The molecule has 1 aliphatic rings. The molecule has 0 aromatic carbocycles. The molecular weight excluding hydrogens is 292 g/mol. The van der Waals surface area contributed by atoms with Gasteiger partial charge in [-0.3, -0.25) is 4.68 Å². The standard InChI is InChI=1S/C17H30N4O2/c1-12(9-15-13(2)20-21(4)14(15)3)19-16(22)18-10-17(11-23-5)7-6-8-17/h12H,6-11H2,1-5H3,(H2,18,19,22)/t12-/m0/s1. The molecule has 6 nitrogen and oxygen atoms in total. The summed E-state index contributed by atoms with van der Waals surface area (Å²) in [5.41, 5.74) is 3.55. The van der Waals surface area contributed by atoms with E-state index in [1.165, 1.54) is 12.0 Å². The van der Waals surface area contributed by atoms with Gasteiger partial charge in [-0.05, 0) is 45.6 Å². The summed E-state index contributed by atoms with van der Waals surface area (Å²) in [6.07, 6.45) is 4.28. The lowest BCUT2D eigenvalue weighted by Gasteiger charge is -2.41. The van der Waals surface area contributed by atoms with Crippen LogP contribution >= 0.6 is 0 Å². The molecule has 0 aliphatic heterocycles. The lowest BCUT2D eigenvalue weighted by atomic mass is 9.69. The molecule has 2 N–H and O–H groups in total. The quantitative estimate of drug-likeness (QED) is 0.807. The highest BCUT2D eigenvalue weighted by Crippen LogP contribution is 2.40. The molecule has 130 valence electrons. The largest absolute Gasteiger partial charge is 0.384 e. The van der Waals surface area contributed by atoms with Crippen molar-refractivity contribution in [2.24, 2.45) is 12.5 Å². The van der Waals surface area contributed by atoms with E-state index < -0.39 is 0 Å². The van der Waals surface area contributed by atoms with E-state index in [0.717, 1.165) is 37.3 Å². The summed E-state index contributed by atoms with van der Waals surface area (Å²) >= 11 is 0. The summed E-state index contributed by atoms with van der Waals surface area (Å²) in [6.45, 7) is 7.51. The highest BCUT2D eigenvalue weighted by Gasteiger charge is 2.37. The maximum absolute atomic E-state index is 12.1. The molecule has 1 aliphatic carbocycles. The van der Waals surface area contributed by atoms with Gasteiger partial charge in [-0.1, -0.05) is 6.42 Å². The Balaban J connectivity index is 1.80. The van der Waals surface area contributed by atoms with E-state index in [1.54, 1.807) is 7.11 Å². The molecule has 1 aromatic heterocycles. The molecule has 0 unspecified atom stereocenters. The first kappa shape index (κ1) is 17.8. The number of carbonyl (C=O) groups excluding carboxylic acids is 1. The van der Waals surface area contributed by atoms with Crippen LogP contribution < -0.4 is 10.6 Å². The molecule has 1 aromatic rings. The minimum absolute atomic E-state index is 0.0661. The molecule has 0 spiro atoms. The van der Waals surface area contributed by atoms with Crippen molar-refractivity contribution < 1.29 is 9.53 Å². The topological polar surface area (TPSA) is 68.2 Å². The van der Waals surface area contributed by atoms with Crippen LogP contribution in [0.1, 0.15) is 43.1 Å². The second kappa shape index (κ2) is 7.34. The fourth-order valence-corrected chi connectivity index (χ4v) is 3.37. The van der Waals surface area contributed by atoms with Gasteiger partial charge in [-0.15, -0.1) is 0 Å². The van der Waals surface area contributed by atoms with Crippen LogP contribution in [0.3, 0.4) is 0 Å². The van der Waals surface area contributed by atoms with E-state index in [1.807, 2.05) is 25.6 Å². The van der Waals surface area contributed by atoms with Crippen LogP contribution in [-0.4, -0.2) is 42.1 Å². The molecule has 0 radical (unpaired) electrons. The Morgan fingerprint density at radius 3 is 2.61 bits per heavy atom. The van der Waals surface area contributed by atoms with Gasteiger partial charge in [-0.25, -0.2) is 4.79 Å². The molecule has 1 saturated carbocycles. The zero-order chi connectivity index (χ0) is 17.0. The lowest BCUT2D eigenvalue weighted by molar-refractivity contribution is 0.0200. The van der Waals surface area contributed by atoms with Crippen LogP contribution in [0.15, 0.2) is 0 Å². The number of ether oxygens (including phenoxy) is 1. The SMILES string of the molecule is COCC1(CNC(=O)N[C@@H](C)Cc2c(C)nn(C)c2C)CCC1. The number of urea groups is 1. The normalized spacial score (nSPS) is 17.4. The maximum atomic E-state index is 12.1. The third-order valence-electron chi connectivity index (χ3n) is 5.04. The van der Waals surface area contributed by atoms with Gasteiger partial charge in [0.05, 0.1) is 12.3 Å². The van der Waals surface area contributed by atoms with Gasteiger partial charge in [0, 0.05) is 37.9 Å². The minimum Gasteiger partial charge on any atom is -0.384 e. The molecule has 23 heavy (non-hydrogen) atoms. The van der Waals surface area contributed by atoms with Crippen LogP contribution in [0.25, 0.3) is 0 Å². The van der Waals surface area contributed by atoms with Crippen molar-refractivity contribution in [3.63, 3.8) is 0 Å². The number of rotatable bonds is 7. The third kappa shape index (κ3) is 4.25.